The van der Waals surface area contributed by atoms with E-state index < -0.39 is 17.7 Å². The lowest BCUT2D eigenvalue weighted by Gasteiger charge is -2.38. The Morgan fingerprint density at radius 1 is 1.38 bits per heavy atom. The SMILES string of the molecule is C=CC(O)[C@H](C)[C@H](C)[C@](F)(CCCN(C)C)c1ccc(C#N)cc1CO. The van der Waals surface area contributed by atoms with Gasteiger partial charge in [0.2, 0.25) is 0 Å². The number of hydrogen-bond donors (Lipinski definition) is 2. The molecule has 5 heteroatoms. The van der Waals surface area contributed by atoms with Gasteiger partial charge in [0.15, 0.2) is 0 Å². The molecule has 0 aliphatic heterocycles. The fourth-order valence-corrected chi connectivity index (χ4v) is 3.39. The number of hydrogen-bond acceptors (Lipinski definition) is 4. The molecule has 0 aliphatic rings. The number of aliphatic hydroxyl groups is 2. The predicted octanol–water partition coefficient (Wildman–Crippen LogP) is 3.38. The highest BCUT2D eigenvalue weighted by Gasteiger charge is 2.43. The quantitative estimate of drug-likeness (QED) is 0.626. The highest BCUT2D eigenvalue weighted by molar-refractivity contribution is 5.41. The Kier molecular flexibility index (Phi) is 8.42. The third-order valence-electron chi connectivity index (χ3n) is 5.29. The molecule has 144 valence electrons. The van der Waals surface area contributed by atoms with Crippen LogP contribution in [0.3, 0.4) is 0 Å². The van der Waals surface area contributed by atoms with Crippen molar-refractivity contribution in [1.82, 2.24) is 4.90 Å². The van der Waals surface area contributed by atoms with E-state index in [2.05, 4.69) is 6.58 Å². The monoisotopic (exact) mass is 362 g/mol. The van der Waals surface area contributed by atoms with E-state index in [9.17, 15) is 10.2 Å². The lowest BCUT2D eigenvalue weighted by molar-refractivity contribution is 0.00451. The molecule has 4 atom stereocenters. The molecular weight excluding hydrogens is 331 g/mol. The Labute approximate surface area is 156 Å². The summed E-state index contributed by atoms with van der Waals surface area (Å²) in [7, 11) is 3.88. The van der Waals surface area contributed by atoms with Crippen molar-refractivity contribution in [3.63, 3.8) is 0 Å². The van der Waals surface area contributed by atoms with Crippen LogP contribution in [0.2, 0.25) is 0 Å². The molecule has 0 saturated heterocycles. The van der Waals surface area contributed by atoms with E-state index in [1.807, 2.05) is 25.1 Å². The summed E-state index contributed by atoms with van der Waals surface area (Å²) in [5, 5.41) is 29.0. The van der Waals surface area contributed by atoms with Crippen LogP contribution in [0.15, 0.2) is 30.9 Å². The Hall–Kier alpha value is -1.74. The summed E-state index contributed by atoms with van der Waals surface area (Å²) in [5.41, 5.74) is -0.525. The fraction of sp³-hybridized carbons (Fsp3) is 0.571. The second kappa shape index (κ2) is 9.82. The summed E-state index contributed by atoms with van der Waals surface area (Å²) in [6.07, 6.45) is 1.51. The van der Waals surface area contributed by atoms with Crippen molar-refractivity contribution in [1.29, 1.82) is 5.26 Å². The maximum atomic E-state index is 16.4. The zero-order chi connectivity index (χ0) is 19.9. The molecular formula is C21H31FN2O2. The Bertz CT molecular complexity index is 641. The molecule has 0 radical (unpaired) electrons. The number of nitriles is 1. The molecule has 1 aromatic rings. The van der Waals surface area contributed by atoms with Crippen LogP contribution >= 0.6 is 0 Å². The molecule has 0 aromatic heterocycles. The van der Waals surface area contributed by atoms with E-state index in [1.165, 1.54) is 12.1 Å². The standard InChI is InChI=1S/C21H31FN2O2/c1-6-20(26)15(2)16(3)21(22,10-7-11-24(4)5)19-9-8-17(13-23)12-18(19)14-25/h6,8-9,12,15-16,20,25-26H,1,7,10-11,14H2,2-5H3/t15-,16+,20?,21-/m1/s1. The van der Waals surface area contributed by atoms with Crippen LogP contribution in [0.25, 0.3) is 0 Å². The van der Waals surface area contributed by atoms with Gasteiger partial charge < -0.3 is 15.1 Å². The maximum Gasteiger partial charge on any atom is 0.139 e. The summed E-state index contributed by atoms with van der Waals surface area (Å²) in [6, 6.07) is 6.74. The van der Waals surface area contributed by atoms with Crippen LogP contribution in [0.5, 0.6) is 0 Å². The minimum Gasteiger partial charge on any atom is -0.392 e. The molecule has 0 fully saturated rings. The number of benzene rings is 1. The van der Waals surface area contributed by atoms with Gasteiger partial charge in [0, 0.05) is 0 Å². The topological polar surface area (TPSA) is 67.5 Å². The Morgan fingerprint density at radius 3 is 2.54 bits per heavy atom. The van der Waals surface area contributed by atoms with Crippen LogP contribution in [-0.2, 0) is 12.3 Å². The summed E-state index contributed by atoms with van der Waals surface area (Å²) < 4.78 is 16.4. The second-order valence-corrected chi connectivity index (χ2v) is 7.29. The molecule has 0 heterocycles. The normalized spacial score (nSPS) is 17.2. The van der Waals surface area contributed by atoms with Crippen molar-refractivity contribution in [3.8, 4) is 6.07 Å². The molecule has 0 amide bonds. The number of alkyl halides is 1. The van der Waals surface area contributed by atoms with Crippen molar-refractivity contribution in [2.24, 2.45) is 11.8 Å². The van der Waals surface area contributed by atoms with E-state index >= 15 is 4.39 Å². The minimum absolute atomic E-state index is 0.263. The Balaban J connectivity index is 3.35. The van der Waals surface area contributed by atoms with E-state index in [0.29, 0.717) is 23.1 Å². The third-order valence-corrected chi connectivity index (χ3v) is 5.29. The van der Waals surface area contributed by atoms with Gasteiger partial charge in [-0.15, -0.1) is 6.58 Å². The molecule has 0 aliphatic carbocycles. The van der Waals surface area contributed by atoms with Crippen molar-refractivity contribution in [2.75, 3.05) is 20.6 Å². The molecule has 0 bridgehead atoms. The van der Waals surface area contributed by atoms with Crippen molar-refractivity contribution in [2.45, 2.75) is 45.1 Å². The van der Waals surface area contributed by atoms with Gasteiger partial charge in [-0.3, -0.25) is 0 Å². The first-order valence-corrected chi connectivity index (χ1v) is 8.99. The first-order valence-electron chi connectivity index (χ1n) is 8.99. The molecule has 0 spiro atoms. The van der Waals surface area contributed by atoms with Crippen molar-refractivity contribution in [3.05, 3.63) is 47.5 Å². The molecule has 4 nitrogen and oxygen atoms in total. The molecule has 1 rings (SSSR count). The molecule has 2 N–H and O–H groups in total. The molecule has 26 heavy (non-hydrogen) atoms. The van der Waals surface area contributed by atoms with Crippen LogP contribution in [0.4, 0.5) is 4.39 Å². The van der Waals surface area contributed by atoms with Crippen LogP contribution in [0, 0.1) is 23.2 Å². The largest absolute Gasteiger partial charge is 0.392 e. The summed E-state index contributed by atoms with van der Waals surface area (Å²) in [6.45, 7) is 7.59. The molecule has 1 unspecified atom stereocenters. The van der Waals surface area contributed by atoms with Crippen LogP contribution in [0.1, 0.15) is 43.4 Å². The number of halogens is 1. The first kappa shape index (κ1) is 22.3. The minimum atomic E-state index is -1.73. The number of nitrogens with zero attached hydrogens (tertiary/aromatic N) is 2. The van der Waals surface area contributed by atoms with Crippen molar-refractivity contribution >= 4 is 0 Å². The highest BCUT2D eigenvalue weighted by atomic mass is 19.1. The summed E-state index contributed by atoms with van der Waals surface area (Å²) in [4.78, 5) is 2.00. The van der Waals surface area contributed by atoms with Gasteiger partial charge in [-0.05, 0) is 68.6 Å². The summed E-state index contributed by atoms with van der Waals surface area (Å²) >= 11 is 0. The average molecular weight is 362 g/mol. The summed E-state index contributed by atoms with van der Waals surface area (Å²) in [5.74, 6) is -0.852. The number of aliphatic hydroxyl groups excluding tert-OH is 2. The van der Waals surface area contributed by atoms with Gasteiger partial charge in [-0.2, -0.15) is 5.26 Å². The maximum absolute atomic E-state index is 16.4. The molecule has 0 saturated carbocycles. The zero-order valence-corrected chi connectivity index (χ0v) is 16.2. The third kappa shape index (κ3) is 5.14. The van der Waals surface area contributed by atoms with E-state index in [4.69, 9.17) is 5.26 Å². The van der Waals surface area contributed by atoms with Gasteiger partial charge in [0.25, 0.3) is 0 Å². The van der Waals surface area contributed by atoms with E-state index in [0.717, 1.165) is 6.54 Å². The smallest absolute Gasteiger partial charge is 0.139 e. The lowest BCUT2D eigenvalue weighted by atomic mass is 9.71. The average Bonchev–Trinajstić information content (AvgIpc) is 2.64. The van der Waals surface area contributed by atoms with Crippen LogP contribution in [-0.4, -0.2) is 41.9 Å². The van der Waals surface area contributed by atoms with Gasteiger partial charge >= 0.3 is 0 Å². The zero-order valence-electron chi connectivity index (χ0n) is 16.2. The van der Waals surface area contributed by atoms with E-state index in [1.54, 1.807) is 26.0 Å². The van der Waals surface area contributed by atoms with E-state index in [-0.39, 0.29) is 18.9 Å². The fourth-order valence-electron chi connectivity index (χ4n) is 3.39. The van der Waals surface area contributed by atoms with Gasteiger partial charge in [-0.25, -0.2) is 4.39 Å². The van der Waals surface area contributed by atoms with Gasteiger partial charge in [0.05, 0.1) is 24.3 Å². The van der Waals surface area contributed by atoms with Crippen molar-refractivity contribution < 1.29 is 14.6 Å². The lowest BCUT2D eigenvalue weighted by Crippen LogP contribution is -2.38. The first-order chi connectivity index (χ1) is 12.2. The second-order valence-electron chi connectivity index (χ2n) is 7.29. The number of rotatable bonds is 10. The predicted molar refractivity (Wildman–Crippen MR) is 102 cm³/mol. The highest BCUT2D eigenvalue weighted by Crippen LogP contribution is 2.44. The van der Waals surface area contributed by atoms with Gasteiger partial charge in [0.1, 0.15) is 5.67 Å². The molecule has 1 aromatic carbocycles. The van der Waals surface area contributed by atoms with Crippen LogP contribution < -0.4 is 0 Å². The van der Waals surface area contributed by atoms with Gasteiger partial charge in [-0.1, -0.05) is 26.0 Å². The Morgan fingerprint density at radius 2 is 2.04 bits per heavy atom.